The molecular weight excluding hydrogens is 356 g/mol. The Kier molecular flexibility index (Phi) is 3.87. The van der Waals surface area contributed by atoms with Crippen LogP contribution in [0.4, 0.5) is 11.4 Å². The van der Waals surface area contributed by atoms with Crippen molar-refractivity contribution in [1.29, 1.82) is 0 Å². The molecule has 0 spiro atoms. The molecule has 0 bridgehead atoms. The Labute approximate surface area is 162 Å². The lowest BCUT2D eigenvalue weighted by Crippen LogP contribution is -2.53. The van der Waals surface area contributed by atoms with Crippen LogP contribution in [0.2, 0.25) is 0 Å². The summed E-state index contributed by atoms with van der Waals surface area (Å²) in [5.74, 6) is -0.868. The van der Waals surface area contributed by atoms with Gasteiger partial charge < -0.3 is 10.6 Å². The number of benzene rings is 2. The summed E-state index contributed by atoms with van der Waals surface area (Å²) in [6, 6.07) is 9.29. The van der Waals surface area contributed by atoms with Gasteiger partial charge >= 0.3 is 0 Å². The maximum atomic E-state index is 13.3. The summed E-state index contributed by atoms with van der Waals surface area (Å²) in [4.78, 5) is 41.0. The van der Waals surface area contributed by atoms with E-state index in [2.05, 4.69) is 16.3 Å². The lowest BCUT2D eigenvalue weighted by Gasteiger charge is -2.33. The molecule has 5 rings (SSSR count). The Morgan fingerprint density at radius 1 is 1.11 bits per heavy atom. The molecule has 2 saturated heterocycles. The lowest BCUT2D eigenvalue weighted by atomic mass is 10.0. The van der Waals surface area contributed by atoms with E-state index in [-0.39, 0.29) is 24.3 Å². The van der Waals surface area contributed by atoms with Crippen LogP contribution in [0.3, 0.4) is 0 Å². The van der Waals surface area contributed by atoms with E-state index < -0.39 is 11.9 Å². The SMILES string of the molecule is NC1CCCN(c2cc3c4c(cccc4c2)N(C2CCC(=O)NC2=O)C3=O)C1. The highest BCUT2D eigenvalue weighted by atomic mass is 16.2. The Morgan fingerprint density at radius 2 is 1.96 bits per heavy atom. The maximum absolute atomic E-state index is 13.3. The van der Waals surface area contributed by atoms with Gasteiger partial charge in [-0.3, -0.25) is 24.6 Å². The quantitative estimate of drug-likeness (QED) is 0.773. The summed E-state index contributed by atoms with van der Waals surface area (Å²) < 4.78 is 0. The molecule has 2 aromatic carbocycles. The van der Waals surface area contributed by atoms with E-state index in [4.69, 9.17) is 5.73 Å². The number of nitrogens with zero attached hydrogens (tertiary/aromatic N) is 2. The number of amides is 3. The molecule has 2 aromatic rings. The van der Waals surface area contributed by atoms with E-state index in [9.17, 15) is 14.4 Å². The van der Waals surface area contributed by atoms with Gasteiger partial charge in [0.2, 0.25) is 11.8 Å². The van der Waals surface area contributed by atoms with Gasteiger partial charge in [0, 0.05) is 36.6 Å². The third kappa shape index (κ3) is 2.57. The van der Waals surface area contributed by atoms with E-state index in [1.54, 1.807) is 4.90 Å². The van der Waals surface area contributed by atoms with Crippen LogP contribution in [0.25, 0.3) is 10.8 Å². The number of hydrogen-bond acceptors (Lipinski definition) is 5. The first-order valence-corrected chi connectivity index (χ1v) is 9.77. The van der Waals surface area contributed by atoms with Gasteiger partial charge in [-0.05, 0) is 42.8 Å². The molecule has 7 nitrogen and oxygen atoms in total. The van der Waals surface area contributed by atoms with E-state index in [1.807, 2.05) is 24.3 Å². The van der Waals surface area contributed by atoms with Gasteiger partial charge in [0.1, 0.15) is 6.04 Å². The van der Waals surface area contributed by atoms with Crippen LogP contribution in [0.15, 0.2) is 30.3 Å². The molecule has 3 heterocycles. The summed E-state index contributed by atoms with van der Waals surface area (Å²) in [6.45, 7) is 1.69. The van der Waals surface area contributed by atoms with E-state index in [0.29, 0.717) is 12.0 Å². The normalized spacial score (nSPS) is 24.8. The molecule has 2 fully saturated rings. The number of rotatable bonds is 2. The van der Waals surface area contributed by atoms with E-state index in [0.717, 1.165) is 48.1 Å². The van der Waals surface area contributed by atoms with E-state index in [1.165, 1.54) is 0 Å². The molecule has 3 aliphatic heterocycles. The van der Waals surface area contributed by atoms with Crippen molar-refractivity contribution in [2.75, 3.05) is 22.9 Å². The van der Waals surface area contributed by atoms with Crippen molar-refractivity contribution in [2.45, 2.75) is 37.8 Å². The molecule has 0 aliphatic carbocycles. The van der Waals surface area contributed by atoms with Gasteiger partial charge in [0.05, 0.1) is 11.3 Å². The molecule has 0 radical (unpaired) electrons. The number of piperidine rings is 2. The second-order valence-corrected chi connectivity index (χ2v) is 7.86. The first-order valence-electron chi connectivity index (χ1n) is 9.77. The first-order chi connectivity index (χ1) is 13.5. The average molecular weight is 378 g/mol. The number of carbonyl (C=O) groups excluding carboxylic acids is 3. The van der Waals surface area contributed by atoms with Crippen molar-refractivity contribution >= 4 is 39.9 Å². The van der Waals surface area contributed by atoms with Gasteiger partial charge in [-0.2, -0.15) is 0 Å². The zero-order chi connectivity index (χ0) is 19.4. The first kappa shape index (κ1) is 17.2. The Bertz CT molecular complexity index is 1020. The van der Waals surface area contributed by atoms with Crippen LogP contribution < -0.4 is 20.9 Å². The molecule has 0 aromatic heterocycles. The maximum Gasteiger partial charge on any atom is 0.259 e. The van der Waals surface area contributed by atoms with Crippen LogP contribution in [-0.2, 0) is 9.59 Å². The molecule has 28 heavy (non-hydrogen) atoms. The van der Waals surface area contributed by atoms with Crippen LogP contribution in [0.5, 0.6) is 0 Å². The van der Waals surface area contributed by atoms with Crippen molar-refractivity contribution in [3.8, 4) is 0 Å². The Hall–Kier alpha value is -2.93. The Morgan fingerprint density at radius 3 is 2.75 bits per heavy atom. The van der Waals surface area contributed by atoms with Crippen molar-refractivity contribution < 1.29 is 14.4 Å². The number of hydrogen-bond donors (Lipinski definition) is 2. The molecule has 3 amide bonds. The molecule has 3 N–H and O–H groups in total. The van der Waals surface area contributed by atoms with E-state index >= 15 is 0 Å². The predicted octanol–water partition coefficient (Wildman–Crippen LogP) is 1.53. The number of carbonyl (C=O) groups is 3. The van der Waals surface area contributed by atoms with Crippen LogP contribution in [0.1, 0.15) is 36.0 Å². The van der Waals surface area contributed by atoms with Crippen molar-refractivity contribution in [3.63, 3.8) is 0 Å². The smallest absolute Gasteiger partial charge is 0.259 e. The summed E-state index contributed by atoms with van der Waals surface area (Å²) in [7, 11) is 0. The minimum atomic E-state index is -0.657. The molecule has 7 heteroatoms. The van der Waals surface area contributed by atoms with Crippen molar-refractivity contribution in [1.82, 2.24) is 5.32 Å². The monoisotopic (exact) mass is 378 g/mol. The van der Waals surface area contributed by atoms with Crippen LogP contribution in [0, 0.1) is 0 Å². The zero-order valence-electron chi connectivity index (χ0n) is 15.5. The van der Waals surface area contributed by atoms with Gasteiger partial charge in [-0.15, -0.1) is 0 Å². The van der Waals surface area contributed by atoms with Crippen LogP contribution in [-0.4, -0.2) is 42.9 Å². The highest BCUT2D eigenvalue weighted by Crippen LogP contribution is 2.42. The topological polar surface area (TPSA) is 95.7 Å². The molecule has 2 atom stereocenters. The fraction of sp³-hybridized carbons (Fsp3) is 0.381. The standard InChI is InChI=1S/C21H22N4O3/c22-13-4-2-8-24(11-13)14-9-12-3-1-5-16-19(12)15(10-14)21(28)25(16)17-6-7-18(26)23-20(17)27/h1,3,5,9-10,13,17H,2,4,6-8,11,22H2,(H,23,26,27). The van der Waals surface area contributed by atoms with Crippen molar-refractivity contribution in [2.24, 2.45) is 5.73 Å². The zero-order valence-corrected chi connectivity index (χ0v) is 15.5. The third-order valence-electron chi connectivity index (χ3n) is 5.99. The number of nitrogens with two attached hydrogens (primary N) is 1. The molecular formula is C21H22N4O3. The number of anilines is 2. The van der Waals surface area contributed by atoms with Gasteiger partial charge in [0.15, 0.2) is 0 Å². The molecule has 0 saturated carbocycles. The molecule has 2 unspecified atom stereocenters. The second kappa shape index (κ2) is 6.31. The highest BCUT2D eigenvalue weighted by molar-refractivity contribution is 6.27. The largest absolute Gasteiger partial charge is 0.370 e. The van der Waals surface area contributed by atoms with Gasteiger partial charge in [-0.25, -0.2) is 0 Å². The van der Waals surface area contributed by atoms with Crippen molar-refractivity contribution in [3.05, 3.63) is 35.9 Å². The fourth-order valence-corrected chi connectivity index (χ4v) is 4.67. The molecule has 3 aliphatic rings. The summed E-state index contributed by atoms with van der Waals surface area (Å²) in [6.07, 6.45) is 2.63. The van der Waals surface area contributed by atoms with Gasteiger partial charge in [0.25, 0.3) is 5.91 Å². The minimum Gasteiger partial charge on any atom is -0.370 e. The highest BCUT2D eigenvalue weighted by Gasteiger charge is 2.41. The van der Waals surface area contributed by atoms with Crippen LogP contribution >= 0.6 is 0 Å². The lowest BCUT2D eigenvalue weighted by molar-refractivity contribution is -0.134. The number of imide groups is 1. The second-order valence-electron chi connectivity index (χ2n) is 7.86. The molecule has 144 valence electrons. The fourth-order valence-electron chi connectivity index (χ4n) is 4.67. The van der Waals surface area contributed by atoms with Gasteiger partial charge in [-0.1, -0.05) is 12.1 Å². The Balaban J connectivity index is 1.58. The third-order valence-corrected chi connectivity index (χ3v) is 5.99. The summed E-state index contributed by atoms with van der Waals surface area (Å²) in [5.41, 5.74) is 8.50. The predicted molar refractivity (Wildman–Crippen MR) is 106 cm³/mol. The minimum absolute atomic E-state index is 0.139. The average Bonchev–Trinajstić information content (AvgIpc) is 2.96. The summed E-state index contributed by atoms with van der Waals surface area (Å²) in [5, 5.41) is 4.22. The number of nitrogens with one attached hydrogen (secondary N) is 1. The summed E-state index contributed by atoms with van der Waals surface area (Å²) >= 11 is 0.